The minimum Gasteiger partial charge on any atom is -0.378 e. The highest BCUT2D eigenvalue weighted by Crippen LogP contribution is 2.17. The average molecular weight is 392 g/mol. The van der Waals surface area contributed by atoms with Crippen molar-refractivity contribution in [2.75, 3.05) is 5.32 Å². The van der Waals surface area contributed by atoms with Crippen molar-refractivity contribution in [3.63, 3.8) is 0 Å². The Balaban J connectivity index is 1.45. The van der Waals surface area contributed by atoms with Crippen LogP contribution in [0, 0.1) is 0 Å². The molecular formula is C21H18ClN5O. The van der Waals surface area contributed by atoms with Crippen LogP contribution in [0.5, 0.6) is 0 Å². The molecule has 0 fully saturated rings. The molecule has 0 aliphatic heterocycles. The molecule has 28 heavy (non-hydrogen) atoms. The Kier molecular flexibility index (Phi) is 5.21. The van der Waals surface area contributed by atoms with Crippen LogP contribution in [0.1, 0.15) is 11.1 Å². The number of nitrogens with one attached hydrogen (secondary N) is 1. The van der Waals surface area contributed by atoms with E-state index in [2.05, 4.69) is 15.4 Å². The van der Waals surface area contributed by atoms with Crippen LogP contribution in [0.4, 0.5) is 5.69 Å². The van der Waals surface area contributed by atoms with Gasteiger partial charge in [-0.2, -0.15) is 5.10 Å². The van der Waals surface area contributed by atoms with Gasteiger partial charge in [-0.15, -0.1) is 0 Å². The number of aromatic nitrogens is 4. The van der Waals surface area contributed by atoms with Gasteiger partial charge < -0.3 is 9.88 Å². The van der Waals surface area contributed by atoms with Crippen LogP contribution in [0.15, 0.2) is 84.3 Å². The molecule has 0 bridgehead atoms. The Morgan fingerprint density at radius 2 is 1.79 bits per heavy atom. The van der Waals surface area contributed by atoms with Crippen molar-refractivity contribution in [2.45, 2.75) is 13.1 Å². The number of benzene rings is 2. The van der Waals surface area contributed by atoms with Crippen LogP contribution in [-0.4, -0.2) is 19.3 Å². The molecule has 0 spiro atoms. The molecule has 2 aromatic heterocycles. The summed E-state index contributed by atoms with van der Waals surface area (Å²) in [5.74, 6) is 0. The maximum absolute atomic E-state index is 12.5. The van der Waals surface area contributed by atoms with Crippen molar-refractivity contribution in [2.24, 2.45) is 0 Å². The van der Waals surface area contributed by atoms with Crippen molar-refractivity contribution in [1.29, 1.82) is 0 Å². The lowest BCUT2D eigenvalue weighted by atomic mass is 10.2. The lowest BCUT2D eigenvalue weighted by molar-refractivity contribution is 0.640. The molecule has 0 aliphatic rings. The summed E-state index contributed by atoms with van der Waals surface area (Å²) in [4.78, 5) is 16.5. The normalized spacial score (nSPS) is 10.8. The van der Waals surface area contributed by atoms with E-state index in [9.17, 15) is 4.79 Å². The molecule has 140 valence electrons. The molecule has 0 saturated heterocycles. The van der Waals surface area contributed by atoms with E-state index in [1.807, 2.05) is 65.4 Å². The molecule has 0 unspecified atom stereocenters. The first-order chi connectivity index (χ1) is 13.7. The van der Waals surface area contributed by atoms with Gasteiger partial charge in [-0.05, 0) is 23.3 Å². The predicted octanol–water partition coefficient (Wildman–Crippen LogP) is 3.74. The summed E-state index contributed by atoms with van der Waals surface area (Å²) in [6.07, 6.45) is 6.98. The fourth-order valence-electron chi connectivity index (χ4n) is 2.85. The number of halogens is 1. The van der Waals surface area contributed by atoms with E-state index in [0.29, 0.717) is 18.8 Å². The van der Waals surface area contributed by atoms with Crippen molar-refractivity contribution >= 4 is 17.3 Å². The molecule has 0 aliphatic carbocycles. The third-order valence-electron chi connectivity index (χ3n) is 4.38. The number of hydrogen-bond acceptors (Lipinski definition) is 4. The first-order valence-corrected chi connectivity index (χ1v) is 9.19. The summed E-state index contributed by atoms with van der Waals surface area (Å²) in [5.41, 5.74) is 3.30. The zero-order valence-corrected chi connectivity index (χ0v) is 15.8. The van der Waals surface area contributed by atoms with Crippen molar-refractivity contribution in [3.8, 4) is 5.69 Å². The van der Waals surface area contributed by atoms with Crippen molar-refractivity contribution < 1.29 is 0 Å². The number of nitrogens with zero attached hydrogens (tertiary/aromatic N) is 4. The van der Waals surface area contributed by atoms with Crippen molar-refractivity contribution in [1.82, 2.24) is 19.3 Å². The number of rotatable bonds is 6. The standard InChI is InChI=1S/C21H18ClN5O/c22-20-19(13-25-27(21(20)28)14-17-4-2-1-3-5-17)24-12-16-6-8-18(9-7-16)26-11-10-23-15-26/h1-11,13,15,24H,12,14H2. The van der Waals surface area contributed by atoms with E-state index in [0.717, 1.165) is 16.8 Å². The number of imidazole rings is 1. The fourth-order valence-corrected chi connectivity index (χ4v) is 3.07. The SMILES string of the molecule is O=c1c(Cl)c(NCc2ccc(-n3ccnc3)cc2)cnn1Cc1ccccc1. The Morgan fingerprint density at radius 3 is 2.50 bits per heavy atom. The van der Waals surface area contributed by atoms with Crippen LogP contribution in [0.25, 0.3) is 5.69 Å². The summed E-state index contributed by atoms with van der Waals surface area (Å²) >= 11 is 6.28. The first kappa shape index (κ1) is 18.0. The van der Waals surface area contributed by atoms with Gasteiger partial charge in [0.1, 0.15) is 5.02 Å². The quantitative estimate of drug-likeness (QED) is 0.543. The summed E-state index contributed by atoms with van der Waals surface area (Å²) < 4.78 is 3.30. The van der Waals surface area contributed by atoms with Gasteiger partial charge in [-0.3, -0.25) is 4.79 Å². The van der Waals surface area contributed by atoms with Gasteiger partial charge in [0.25, 0.3) is 5.56 Å². The lowest BCUT2D eigenvalue weighted by Crippen LogP contribution is -2.24. The van der Waals surface area contributed by atoms with Crippen LogP contribution in [-0.2, 0) is 13.1 Å². The minimum absolute atomic E-state index is 0.140. The molecule has 2 aromatic carbocycles. The highest BCUT2D eigenvalue weighted by atomic mass is 35.5. The summed E-state index contributed by atoms with van der Waals surface area (Å²) in [7, 11) is 0. The first-order valence-electron chi connectivity index (χ1n) is 8.81. The highest BCUT2D eigenvalue weighted by Gasteiger charge is 2.09. The smallest absolute Gasteiger partial charge is 0.287 e. The monoisotopic (exact) mass is 391 g/mol. The van der Waals surface area contributed by atoms with Gasteiger partial charge in [0.05, 0.1) is 24.8 Å². The number of hydrogen-bond donors (Lipinski definition) is 1. The summed E-state index contributed by atoms with van der Waals surface area (Å²) in [6.45, 7) is 0.920. The summed E-state index contributed by atoms with van der Waals surface area (Å²) in [6, 6.07) is 17.7. The number of anilines is 1. The third kappa shape index (κ3) is 3.97. The van der Waals surface area contributed by atoms with Gasteiger partial charge in [0.15, 0.2) is 0 Å². The Bertz CT molecular complexity index is 1110. The second kappa shape index (κ2) is 8.10. The lowest BCUT2D eigenvalue weighted by Gasteiger charge is -2.11. The van der Waals surface area contributed by atoms with E-state index < -0.39 is 0 Å². The molecule has 0 atom stereocenters. The Hall–Kier alpha value is -3.38. The van der Waals surface area contributed by atoms with Gasteiger partial charge in [0.2, 0.25) is 0 Å². The molecule has 1 N–H and O–H groups in total. The Morgan fingerprint density at radius 1 is 1.00 bits per heavy atom. The van der Waals surface area contributed by atoms with Gasteiger partial charge >= 0.3 is 0 Å². The third-order valence-corrected chi connectivity index (χ3v) is 4.75. The zero-order chi connectivity index (χ0) is 19.3. The minimum atomic E-state index is -0.314. The van der Waals surface area contributed by atoms with E-state index in [4.69, 9.17) is 11.6 Å². The van der Waals surface area contributed by atoms with Crippen molar-refractivity contribution in [3.05, 3.63) is 106 Å². The van der Waals surface area contributed by atoms with E-state index >= 15 is 0 Å². The van der Waals surface area contributed by atoms with Gasteiger partial charge in [-0.25, -0.2) is 9.67 Å². The van der Waals surface area contributed by atoms with E-state index in [-0.39, 0.29) is 10.6 Å². The largest absolute Gasteiger partial charge is 0.378 e. The topological polar surface area (TPSA) is 64.7 Å². The van der Waals surface area contributed by atoms with Crippen LogP contribution in [0.3, 0.4) is 0 Å². The Labute approximate surface area is 167 Å². The van der Waals surface area contributed by atoms with Gasteiger partial charge in [-0.1, -0.05) is 54.1 Å². The van der Waals surface area contributed by atoms with Crippen LogP contribution >= 0.6 is 11.6 Å². The molecule has 2 heterocycles. The average Bonchev–Trinajstić information content (AvgIpc) is 3.27. The maximum Gasteiger partial charge on any atom is 0.287 e. The molecule has 7 heteroatoms. The van der Waals surface area contributed by atoms with Gasteiger partial charge in [0, 0.05) is 24.6 Å². The maximum atomic E-state index is 12.5. The molecule has 0 saturated carbocycles. The van der Waals surface area contributed by atoms with E-state index in [1.165, 1.54) is 4.68 Å². The highest BCUT2D eigenvalue weighted by molar-refractivity contribution is 6.32. The van der Waals surface area contributed by atoms with Crippen LogP contribution in [0.2, 0.25) is 5.02 Å². The van der Waals surface area contributed by atoms with E-state index in [1.54, 1.807) is 18.7 Å². The molecular weight excluding hydrogens is 374 g/mol. The molecule has 4 aromatic rings. The molecule has 0 amide bonds. The zero-order valence-electron chi connectivity index (χ0n) is 15.0. The summed E-state index contributed by atoms with van der Waals surface area (Å²) in [5, 5.41) is 7.57. The second-order valence-electron chi connectivity index (χ2n) is 6.31. The molecule has 4 rings (SSSR count). The predicted molar refractivity (Wildman–Crippen MR) is 110 cm³/mol. The molecule has 0 radical (unpaired) electrons. The second-order valence-corrected chi connectivity index (χ2v) is 6.69. The molecule has 6 nitrogen and oxygen atoms in total. The fraction of sp³-hybridized carbons (Fsp3) is 0.0952. The van der Waals surface area contributed by atoms with Crippen LogP contribution < -0.4 is 10.9 Å².